The minimum Gasteiger partial charge on any atom is -0.446 e. The van der Waals surface area contributed by atoms with Crippen LogP contribution in [0.15, 0.2) is 24.5 Å². The van der Waals surface area contributed by atoms with Crippen LogP contribution in [0.1, 0.15) is 42.9 Å². The monoisotopic (exact) mass is 449 g/mol. The van der Waals surface area contributed by atoms with E-state index in [9.17, 15) is 9.90 Å². The summed E-state index contributed by atoms with van der Waals surface area (Å²) in [6.45, 7) is 1.97. The Morgan fingerprint density at radius 1 is 1.24 bits per heavy atom. The number of pyridine rings is 2. The predicted molar refractivity (Wildman–Crippen MR) is 123 cm³/mol. The second-order valence-electron chi connectivity index (χ2n) is 9.21. The van der Waals surface area contributed by atoms with E-state index in [1.54, 1.807) is 18.3 Å². The molecule has 9 heteroatoms. The molecule has 0 radical (unpaired) electrons. The van der Waals surface area contributed by atoms with E-state index in [1.807, 2.05) is 6.92 Å². The number of aromatic nitrogens is 2. The van der Waals surface area contributed by atoms with Crippen LogP contribution >= 0.6 is 0 Å². The molecule has 5 N–H and O–H groups in total. The van der Waals surface area contributed by atoms with E-state index in [2.05, 4.69) is 20.6 Å². The van der Waals surface area contributed by atoms with Gasteiger partial charge in [0.25, 0.3) is 0 Å². The lowest BCUT2D eigenvalue weighted by Gasteiger charge is -2.30. The summed E-state index contributed by atoms with van der Waals surface area (Å²) in [5.74, 6) is 0.201. The van der Waals surface area contributed by atoms with Crippen LogP contribution < -0.4 is 16.4 Å². The van der Waals surface area contributed by atoms with Crippen LogP contribution in [0.2, 0.25) is 0 Å². The van der Waals surface area contributed by atoms with E-state index >= 15 is 4.39 Å². The van der Waals surface area contributed by atoms with Crippen molar-refractivity contribution in [2.24, 2.45) is 0 Å². The van der Waals surface area contributed by atoms with Crippen molar-refractivity contribution in [3.05, 3.63) is 41.6 Å². The van der Waals surface area contributed by atoms with E-state index in [1.165, 1.54) is 6.20 Å². The van der Waals surface area contributed by atoms with E-state index < -0.39 is 18.0 Å². The van der Waals surface area contributed by atoms with E-state index in [4.69, 9.17) is 10.5 Å². The Hall–Kier alpha value is -3.46. The number of halogens is 1. The van der Waals surface area contributed by atoms with Crippen molar-refractivity contribution < 1.29 is 19.0 Å². The van der Waals surface area contributed by atoms with Gasteiger partial charge in [0.15, 0.2) is 5.82 Å². The van der Waals surface area contributed by atoms with E-state index in [-0.39, 0.29) is 17.6 Å². The van der Waals surface area contributed by atoms with Crippen LogP contribution in [-0.4, -0.2) is 39.4 Å². The van der Waals surface area contributed by atoms with Crippen LogP contribution in [-0.2, 0) is 4.74 Å². The highest BCUT2D eigenvalue weighted by atomic mass is 19.1. The molecule has 0 saturated heterocycles. The molecule has 3 aliphatic rings. The molecule has 6 rings (SSSR count). The second-order valence-corrected chi connectivity index (χ2v) is 9.21. The number of nitrogens with one attached hydrogen (secondary N) is 2. The third kappa shape index (κ3) is 3.18. The van der Waals surface area contributed by atoms with Gasteiger partial charge in [-0.25, -0.2) is 14.2 Å². The van der Waals surface area contributed by atoms with Crippen molar-refractivity contribution in [3.8, 4) is 11.1 Å². The first-order valence-corrected chi connectivity index (χ1v) is 11.2. The number of ether oxygens (including phenoxy) is 1. The van der Waals surface area contributed by atoms with Crippen molar-refractivity contribution in [3.63, 3.8) is 0 Å². The summed E-state index contributed by atoms with van der Waals surface area (Å²) >= 11 is 0. The SMILES string of the molecule is Cc1c(-c2cc3cc(NC(=O)OC4CC(O)C4)ncc3c(N)c2F)cnc2c1N[C@H]1CCC21. The molecule has 1 aromatic carbocycles. The van der Waals surface area contributed by atoms with Gasteiger partial charge >= 0.3 is 6.09 Å². The summed E-state index contributed by atoms with van der Waals surface area (Å²) < 4.78 is 20.6. The van der Waals surface area contributed by atoms with Gasteiger partial charge in [0, 0.05) is 53.7 Å². The van der Waals surface area contributed by atoms with Gasteiger partial charge in [0.05, 0.1) is 23.2 Å². The zero-order chi connectivity index (χ0) is 22.9. The van der Waals surface area contributed by atoms with Crippen molar-refractivity contribution in [1.82, 2.24) is 9.97 Å². The smallest absolute Gasteiger partial charge is 0.413 e. The molecule has 3 heterocycles. The normalized spacial score (nSPS) is 24.8. The van der Waals surface area contributed by atoms with E-state index in [0.717, 1.165) is 29.8 Å². The van der Waals surface area contributed by atoms with Crippen molar-refractivity contribution >= 4 is 34.1 Å². The summed E-state index contributed by atoms with van der Waals surface area (Å²) in [5.41, 5.74) is 10.2. The Morgan fingerprint density at radius 3 is 2.79 bits per heavy atom. The topological polar surface area (TPSA) is 122 Å². The number of nitrogens with two attached hydrogens (primary N) is 1. The maximum Gasteiger partial charge on any atom is 0.413 e. The summed E-state index contributed by atoms with van der Waals surface area (Å²) in [4.78, 5) is 21.0. The number of carbonyl (C=O) groups excluding carboxylic acids is 1. The molecule has 1 unspecified atom stereocenters. The lowest BCUT2D eigenvalue weighted by Crippen LogP contribution is -2.37. The van der Waals surface area contributed by atoms with Gasteiger partial charge < -0.3 is 20.9 Å². The zero-order valence-corrected chi connectivity index (χ0v) is 18.1. The number of hydrogen-bond acceptors (Lipinski definition) is 7. The average molecular weight is 449 g/mol. The summed E-state index contributed by atoms with van der Waals surface area (Å²) in [7, 11) is 0. The standard InChI is InChI=1S/C24H24FN5O3/c1-10-16(8-28-23-14-2-3-18(14)29-22(10)23)15-4-11-5-19(27-9-17(11)21(26)20(15)25)30-24(32)33-13-6-12(31)7-13/h4-5,8-9,12-14,18,29,31H,2-3,6-7,26H2,1H3,(H,27,30,32)/t12?,13?,14?,18-/m0/s1. The number of nitrogen functional groups attached to an aromatic ring is 1. The Balaban J connectivity index is 1.34. The molecule has 2 aliphatic carbocycles. The molecular formula is C24H24FN5O3. The number of rotatable bonds is 3. The molecule has 8 nitrogen and oxygen atoms in total. The number of hydrogen-bond donors (Lipinski definition) is 4. The first-order chi connectivity index (χ1) is 15.9. The van der Waals surface area contributed by atoms with Crippen LogP contribution in [0.5, 0.6) is 0 Å². The maximum atomic E-state index is 15.3. The van der Waals surface area contributed by atoms with Gasteiger partial charge in [0.2, 0.25) is 0 Å². The van der Waals surface area contributed by atoms with Crippen LogP contribution in [0.3, 0.4) is 0 Å². The molecule has 0 bridgehead atoms. The van der Waals surface area contributed by atoms with Gasteiger partial charge in [-0.1, -0.05) is 0 Å². The molecule has 2 aromatic heterocycles. The van der Waals surface area contributed by atoms with E-state index in [0.29, 0.717) is 46.7 Å². The van der Waals surface area contributed by atoms with Gasteiger partial charge in [0.1, 0.15) is 11.9 Å². The van der Waals surface area contributed by atoms with Crippen molar-refractivity contribution in [2.75, 3.05) is 16.4 Å². The fraction of sp³-hybridized carbons (Fsp3) is 0.375. The highest BCUT2D eigenvalue weighted by molar-refractivity contribution is 5.99. The largest absolute Gasteiger partial charge is 0.446 e. The average Bonchev–Trinajstić information content (AvgIpc) is 3.00. The first-order valence-electron chi connectivity index (χ1n) is 11.2. The highest BCUT2D eigenvalue weighted by Gasteiger charge is 2.41. The minimum atomic E-state index is -0.645. The van der Waals surface area contributed by atoms with Gasteiger partial charge in [-0.2, -0.15) is 0 Å². The Morgan fingerprint density at radius 2 is 2.06 bits per heavy atom. The van der Waals surface area contributed by atoms with Gasteiger partial charge in [-0.05, 0) is 42.8 Å². The Kier molecular flexibility index (Phi) is 4.45. The second kappa shape index (κ2) is 7.28. The fourth-order valence-electron chi connectivity index (χ4n) is 5.02. The summed E-state index contributed by atoms with van der Waals surface area (Å²) in [6.07, 6.45) is 4.92. The molecule has 170 valence electrons. The quantitative estimate of drug-likeness (QED) is 0.445. The molecular weight excluding hydrogens is 425 g/mol. The molecule has 1 amide bonds. The third-order valence-electron chi connectivity index (χ3n) is 7.19. The van der Waals surface area contributed by atoms with Crippen LogP contribution in [0, 0.1) is 12.7 Å². The molecule has 1 aliphatic heterocycles. The van der Waals surface area contributed by atoms with Crippen molar-refractivity contribution in [2.45, 2.75) is 56.8 Å². The Bertz CT molecular complexity index is 1310. The molecule has 33 heavy (non-hydrogen) atoms. The summed E-state index contributed by atoms with van der Waals surface area (Å²) in [6, 6.07) is 3.78. The third-order valence-corrected chi connectivity index (χ3v) is 7.19. The van der Waals surface area contributed by atoms with Gasteiger partial charge in [-0.15, -0.1) is 0 Å². The number of anilines is 3. The van der Waals surface area contributed by atoms with Crippen LogP contribution in [0.4, 0.5) is 26.4 Å². The maximum absolute atomic E-state index is 15.3. The number of benzene rings is 1. The highest BCUT2D eigenvalue weighted by Crippen LogP contribution is 2.49. The molecule has 2 saturated carbocycles. The van der Waals surface area contributed by atoms with Crippen molar-refractivity contribution in [1.29, 1.82) is 0 Å². The molecule has 0 spiro atoms. The predicted octanol–water partition coefficient (Wildman–Crippen LogP) is 4.07. The lowest BCUT2D eigenvalue weighted by molar-refractivity contribution is -0.0308. The minimum absolute atomic E-state index is 0.000472. The molecule has 2 fully saturated rings. The summed E-state index contributed by atoms with van der Waals surface area (Å²) in [5, 5.41) is 16.6. The lowest BCUT2D eigenvalue weighted by atomic mass is 9.80. The van der Waals surface area contributed by atoms with Crippen LogP contribution in [0.25, 0.3) is 21.9 Å². The first kappa shape index (κ1) is 20.2. The molecule has 2 atom stereocenters. The fourth-order valence-corrected chi connectivity index (χ4v) is 5.02. The number of fused-ring (bicyclic) bond motifs is 4. The number of nitrogens with zero attached hydrogens (tertiary/aromatic N) is 2. The molecule has 3 aromatic rings. The number of amides is 1. The number of aliphatic hydroxyl groups is 1. The van der Waals surface area contributed by atoms with Gasteiger partial charge in [-0.3, -0.25) is 10.3 Å². The zero-order valence-electron chi connectivity index (χ0n) is 18.1. The number of aliphatic hydroxyl groups excluding tert-OH is 1. The number of carbonyl (C=O) groups is 1. The Labute approximate surface area is 189 Å².